The van der Waals surface area contributed by atoms with Crippen molar-refractivity contribution in [1.29, 1.82) is 0 Å². The van der Waals surface area contributed by atoms with Crippen LogP contribution in [0.4, 0.5) is 5.13 Å². The zero-order valence-electron chi connectivity index (χ0n) is 13.3. The molecule has 8 heteroatoms. The minimum atomic E-state index is -0.311. The van der Waals surface area contributed by atoms with Gasteiger partial charge in [-0.25, -0.2) is 9.97 Å². The van der Waals surface area contributed by atoms with Gasteiger partial charge in [-0.15, -0.1) is 16.4 Å². The molecule has 3 rings (SSSR count). The van der Waals surface area contributed by atoms with Crippen LogP contribution in [-0.4, -0.2) is 31.3 Å². The van der Waals surface area contributed by atoms with Crippen molar-refractivity contribution in [3.8, 4) is 11.3 Å². The summed E-state index contributed by atoms with van der Waals surface area (Å²) in [6, 6.07) is 9.88. The molecule has 24 heavy (non-hydrogen) atoms. The molecule has 0 spiro atoms. The first-order chi connectivity index (χ1) is 11.7. The minimum absolute atomic E-state index is 0.114. The Morgan fingerprint density at radius 3 is 2.83 bits per heavy atom. The van der Waals surface area contributed by atoms with E-state index in [4.69, 9.17) is 0 Å². The summed E-state index contributed by atoms with van der Waals surface area (Å²) in [4.78, 5) is 21.1. The summed E-state index contributed by atoms with van der Waals surface area (Å²) in [6.07, 6.45) is 0.787. The van der Waals surface area contributed by atoms with E-state index in [2.05, 4.69) is 25.5 Å². The first-order valence-electron chi connectivity index (χ1n) is 7.55. The van der Waals surface area contributed by atoms with Gasteiger partial charge in [-0.2, -0.15) is 0 Å². The highest BCUT2D eigenvalue weighted by molar-refractivity contribution is 8.00. The average molecular weight is 359 g/mol. The number of aromatic nitrogens is 4. The summed E-state index contributed by atoms with van der Waals surface area (Å²) in [5.74, 6) is 0.703. The van der Waals surface area contributed by atoms with Crippen molar-refractivity contribution < 1.29 is 4.79 Å². The summed E-state index contributed by atoms with van der Waals surface area (Å²) in [5.41, 5.74) is 1.89. The summed E-state index contributed by atoms with van der Waals surface area (Å²) in [5, 5.41) is 12.6. The fraction of sp³-hybridized carbons (Fsp3) is 0.250. The van der Waals surface area contributed by atoms with Crippen LogP contribution < -0.4 is 5.32 Å². The number of carbonyl (C=O) groups is 1. The van der Waals surface area contributed by atoms with Gasteiger partial charge in [-0.1, -0.05) is 49.0 Å². The van der Waals surface area contributed by atoms with Crippen molar-refractivity contribution in [3.63, 3.8) is 0 Å². The summed E-state index contributed by atoms with van der Waals surface area (Å²) < 4.78 is 0. The second-order valence-corrected chi connectivity index (χ2v) is 7.24. The van der Waals surface area contributed by atoms with Gasteiger partial charge in [0.15, 0.2) is 5.13 Å². The second-order valence-electron chi connectivity index (χ2n) is 5.07. The highest BCUT2D eigenvalue weighted by atomic mass is 32.2. The number of thioether (sulfide) groups is 1. The molecule has 1 atom stereocenters. The number of aryl methyl sites for hydroxylation is 1. The Kier molecular flexibility index (Phi) is 5.27. The molecule has 0 saturated carbocycles. The van der Waals surface area contributed by atoms with Crippen LogP contribution in [-0.2, 0) is 11.2 Å². The summed E-state index contributed by atoms with van der Waals surface area (Å²) >= 11 is 2.74. The predicted octanol–water partition coefficient (Wildman–Crippen LogP) is 3.61. The van der Waals surface area contributed by atoms with Crippen molar-refractivity contribution in [2.24, 2.45) is 0 Å². The molecule has 2 heterocycles. The lowest BCUT2D eigenvalue weighted by atomic mass is 10.2. The predicted molar refractivity (Wildman–Crippen MR) is 97.3 cm³/mol. The Morgan fingerprint density at radius 2 is 2.12 bits per heavy atom. The molecule has 2 N–H and O–H groups in total. The van der Waals surface area contributed by atoms with E-state index in [-0.39, 0.29) is 11.2 Å². The van der Waals surface area contributed by atoms with Crippen LogP contribution in [0.1, 0.15) is 19.7 Å². The molecule has 6 nitrogen and oxygen atoms in total. The fourth-order valence-electron chi connectivity index (χ4n) is 1.98. The molecule has 0 aliphatic carbocycles. The number of nitrogens with zero attached hydrogens (tertiary/aromatic N) is 3. The zero-order valence-corrected chi connectivity index (χ0v) is 14.9. The highest BCUT2D eigenvalue weighted by Crippen LogP contribution is 2.26. The Hall–Kier alpha value is -2.19. The topological polar surface area (TPSA) is 83.6 Å². The van der Waals surface area contributed by atoms with E-state index >= 15 is 0 Å². The molecule has 2 aromatic heterocycles. The van der Waals surface area contributed by atoms with Gasteiger partial charge < -0.3 is 5.32 Å². The quantitative estimate of drug-likeness (QED) is 0.657. The first kappa shape index (κ1) is 16.7. The Bertz CT molecular complexity index is 815. The third kappa shape index (κ3) is 4.01. The lowest BCUT2D eigenvalue weighted by Crippen LogP contribution is -2.22. The van der Waals surface area contributed by atoms with E-state index in [9.17, 15) is 4.79 Å². The number of anilines is 1. The molecule has 0 saturated heterocycles. The van der Waals surface area contributed by atoms with E-state index in [1.54, 1.807) is 0 Å². The van der Waals surface area contributed by atoms with Gasteiger partial charge >= 0.3 is 0 Å². The SMILES string of the molecule is CCc1nc(SC(C)C(=O)Nc2nc(-c3ccccc3)cs2)n[nH]1. The van der Waals surface area contributed by atoms with Crippen LogP contribution >= 0.6 is 23.1 Å². The standard InChI is InChI=1S/C16H17N5OS2/c1-3-13-18-16(21-20-13)24-10(2)14(22)19-15-17-12(9-23-15)11-7-5-4-6-8-11/h4-10H,3H2,1-2H3,(H,17,19,22)(H,18,20,21). The number of hydrogen-bond acceptors (Lipinski definition) is 6. The van der Waals surface area contributed by atoms with E-state index < -0.39 is 0 Å². The summed E-state index contributed by atoms with van der Waals surface area (Å²) in [6.45, 7) is 3.82. The molecule has 0 aliphatic rings. The summed E-state index contributed by atoms with van der Waals surface area (Å²) in [7, 11) is 0. The first-order valence-corrected chi connectivity index (χ1v) is 9.31. The molecule has 124 valence electrons. The maximum Gasteiger partial charge on any atom is 0.239 e. The molecule has 1 aromatic carbocycles. The van der Waals surface area contributed by atoms with Crippen LogP contribution in [0, 0.1) is 0 Å². The van der Waals surface area contributed by atoms with Crippen LogP contribution in [0.15, 0.2) is 40.9 Å². The molecule has 3 aromatic rings. The van der Waals surface area contributed by atoms with Gasteiger partial charge in [0.25, 0.3) is 0 Å². The monoisotopic (exact) mass is 359 g/mol. The van der Waals surface area contributed by atoms with Gasteiger partial charge in [-0.3, -0.25) is 9.89 Å². The van der Waals surface area contributed by atoms with Gasteiger partial charge in [0.1, 0.15) is 5.82 Å². The molecular weight excluding hydrogens is 342 g/mol. The van der Waals surface area contributed by atoms with Gasteiger partial charge in [-0.05, 0) is 6.92 Å². The minimum Gasteiger partial charge on any atom is -0.301 e. The van der Waals surface area contributed by atoms with Crippen molar-refractivity contribution in [3.05, 3.63) is 41.5 Å². The van der Waals surface area contributed by atoms with Crippen molar-refractivity contribution in [1.82, 2.24) is 20.2 Å². The maximum atomic E-state index is 12.3. The van der Waals surface area contributed by atoms with Crippen LogP contribution in [0.2, 0.25) is 0 Å². The number of H-pyrrole nitrogens is 1. The number of thiazole rings is 1. The number of carbonyl (C=O) groups excluding carboxylic acids is 1. The Balaban J connectivity index is 1.61. The molecule has 1 amide bonds. The number of benzene rings is 1. The van der Waals surface area contributed by atoms with Crippen LogP contribution in [0.5, 0.6) is 0 Å². The normalized spacial score (nSPS) is 12.1. The largest absolute Gasteiger partial charge is 0.301 e. The number of nitrogens with one attached hydrogen (secondary N) is 2. The third-order valence-corrected chi connectivity index (χ3v) is 5.02. The average Bonchev–Trinajstić information content (AvgIpc) is 3.25. The number of rotatable bonds is 6. The molecule has 0 bridgehead atoms. The Labute approximate surface area is 148 Å². The lowest BCUT2D eigenvalue weighted by Gasteiger charge is -2.07. The van der Waals surface area contributed by atoms with Gasteiger partial charge in [0.05, 0.1) is 10.9 Å². The van der Waals surface area contributed by atoms with E-state index in [0.717, 1.165) is 23.5 Å². The molecule has 0 fully saturated rings. The second kappa shape index (κ2) is 7.59. The maximum absolute atomic E-state index is 12.3. The van der Waals surface area contributed by atoms with Crippen LogP contribution in [0.25, 0.3) is 11.3 Å². The van der Waals surface area contributed by atoms with E-state index in [1.807, 2.05) is 49.6 Å². The highest BCUT2D eigenvalue weighted by Gasteiger charge is 2.18. The van der Waals surface area contributed by atoms with Crippen molar-refractivity contribution in [2.75, 3.05) is 5.32 Å². The van der Waals surface area contributed by atoms with Gasteiger partial charge in [0.2, 0.25) is 11.1 Å². The number of amides is 1. The molecule has 1 unspecified atom stereocenters. The van der Waals surface area contributed by atoms with Crippen LogP contribution in [0.3, 0.4) is 0 Å². The van der Waals surface area contributed by atoms with E-state index in [0.29, 0.717) is 10.3 Å². The van der Waals surface area contributed by atoms with Crippen molar-refractivity contribution in [2.45, 2.75) is 30.7 Å². The Morgan fingerprint density at radius 1 is 1.33 bits per heavy atom. The smallest absolute Gasteiger partial charge is 0.239 e. The zero-order chi connectivity index (χ0) is 16.9. The van der Waals surface area contributed by atoms with E-state index in [1.165, 1.54) is 23.1 Å². The molecule has 0 radical (unpaired) electrons. The molecular formula is C16H17N5OS2. The fourth-order valence-corrected chi connectivity index (χ4v) is 3.45. The van der Waals surface area contributed by atoms with Gasteiger partial charge in [0, 0.05) is 17.4 Å². The lowest BCUT2D eigenvalue weighted by molar-refractivity contribution is -0.115. The van der Waals surface area contributed by atoms with Crippen molar-refractivity contribution >= 4 is 34.1 Å². The number of aromatic amines is 1. The number of hydrogen-bond donors (Lipinski definition) is 2. The third-order valence-electron chi connectivity index (χ3n) is 3.30. The molecule has 0 aliphatic heterocycles.